The van der Waals surface area contributed by atoms with Crippen molar-refractivity contribution in [2.24, 2.45) is 5.84 Å². The molecule has 106 valence electrons. The van der Waals surface area contributed by atoms with Crippen LogP contribution in [-0.2, 0) is 0 Å². The fraction of sp³-hybridized carbons (Fsp3) is 0.200. The van der Waals surface area contributed by atoms with Crippen LogP contribution in [0.15, 0.2) is 36.4 Å². The fourth-order valence-electron chi connectivity index (χ4n) is 2.04. The van der Waals surface area contributed by atoms with Gasteiger partial charge in [-0.3, -0.25) is 5.84 Å². The van der Waals surface area contributed by atoms with E-state index in [9.17, 15) is 8.78 Å². The first-order chi connectivity index (χ1) is 9.56. The number of hydrazine groups is 1. The van der Waals surface area contributed by atoms with Crippen LogP contribution in [0.25, 0.3) is 0 Å². The van der Waals surface area contributed by atoms with E-state index in [2.05, 4.69) is 5.43 Å². The molecule has 2 rings (SSSR count). The highest BCUT2D eigenvalue weighted by Gasteiger charge is 2.16. The van der Waals surface area contributed by atoms with Crippen molar-refractivity contribution in [3.63, 3.8) is 0 Å². The van der Waals surface area contributed by atoms with Crippen molar-refractivity contribution in [2.45, 2.75) is 13.0 Å². The molecule has 0 spiro atoms. The minimum atomic E-state index is -0.495. The van der Waals surface area contributed by atoms with Crippen molar-refractivity contribution in [1.29, 1.82) is 0 Å². The zero-order valence-corrected chi connectivity index (χ0v) is 11.3. The maximum atomic E-state index is 13.7. The number of methoxy groups -OCH3 is 1. The van der Waals surface area contributed by atoms with Crippen molar-refractivity contribution in [3.05, 3.63) is 64.7 Å². The van der Waals surface area contributed by atoms with E-state index >= 15 is 0 Å². The summed E-state index contributed by atoms with van der Waals surface area (Å²) in [5, 5.41) is 0. The first-order valence-corrected chi connectivity index (χ1v) is 6.12. The van der Waals surface area contributed by atoms with Crippen molar-refractivity contribution >= 4 is 0 Å². The van der Waals surface area contributed by atoms with E-state index < -0.39 is 11.9 Å². The Balaban J connectivity index is 2.41. The molecule has 3 N–H and O–H groups in total. The van der Waals surface area contributed by atoms with Gasteiger partial charge in [-0.2, -0.15) is 0 Å². The first kappa shape index (κ1) is 14.4. The number of rotatable bonds is 4. The van der Waals surface area contributed by atoms with E-state index in [0.29, 0.717) is 16.7 Å². The minimum Gasteiger partial charge on any atom is -0.494 e. The second-order valence-electron chi connectivity index (χ2n) is 4.50. The summed E-state index contributed by atoms with van der Waals surface area (Å²) < 4.78 is 32.2. The third-order valence-corrected chi connectivity index (χ3v) is 3.21. The number of ether oxygens (including phenoxy) is 1. The van der Waals surface area contributed by atoms with Crippen LogP contribution in [0.1, 0.15) is 22.7 Å². The summed E-state index contributed by atoms with van der Waals surface area (Å²) >= 11 is 0. The quantitative estimate of drug-likeness (QED) is 0.668. The van der Waals surface area contributed by atoms with Gasteiger partial charge in [-0.25, -0.2) is 14.2 Å². The highest BCUT2D eigenvalue weighted by atomic mass is 19.1. The molecule has 3 nitrogen and oxygen atoms in total. The molecule has 0 bridgehead atoms. The summed E-state index contributed by atoms with van der Waals surface area (Å²) in [4.78, 5) is 0. The van der Waals surface area contributed by atoms with Gasteiger partial charge in [0, 0.05) is 0 Å². The predicted octanol–water partition coefficient (Wildman–Crippen LogP) is 2.83. The molecule has 0 aliphatic heterocycles. The maximum absolute atomic E-state index is 13.7. The van der Waals surface area contributed by atoms with Crippen molar-refractivity contribution in [1.82, 2.24) is 5.43 Å². The molecule has 1 atom stereocenters. The standard InChI is InChI=1S/C15H16F2N2O/c1-9-3-4-10(7-12(9)16)15(19-18)11-5-6-14(20-2)13(17)8-11/h3-8,15,19H,18H2,1-2H3. The second kappa shape index (κ2) is 5.98. The lowest BCUT2D eigenvalue weighted by Gasteiger charge is -2.18. The summed E-state index contributed by atoms with van der Waals surface area (Å²) in [6.45, 7) is 1.68. The van der Waals surface area contributed by atoms with E-state index in [0.717, 1.165) is 0 Å². The monoisotopic (exact) mass is 278 g/mol. The van der Waals surface area contributed by atoms with Crippen LogP contribution in [0, 0.1) is 18.6 Å². The van der Waals surface area contributed by atoms with Crippen LogP contribution >= 0.6 is 0 Å². The molecule has 0 aliphatic rings. The van der Waals surface area contributed by atoms with Crippen molar-refractivity contribution in [2.75, 3.05) is 7.11 Å². The Morgan fingerprint density at radius 1 is 1.05 bits per heavy atom. The first-order valence-electron chi connectivity index (χ1n) is 6.12. The number of nitrogens with one attached hydrogen (secondary N) is 1. The van der Waals surface area contributed by atoms with Gasteiger partial charge in [0.05, 0.1) is 13.2 Å². The minimum absolute atomic E-state index is 0.152. The number of hydrogen-bond donors (Lipinski definition) is 2. The topological polar surface area (TPSA) is 47.3 Å². The van der Waals surface area contributed by atoms with Crippen molar-refractivity contribution in [3.8, 4) is 5.75 Å². The molecular formula is C15H16F2N2O. The van der Waals surface area contributed by atoms with Crippen LogP contribution in [0.5, 0.6) is 5.75 Å². The van der Waals surface area contributed by atoms with E-state index in [-0.39, 0.29) is 11.6 Å². The molecule has 0 saturated heterocycles. The van der Waals surface area contributed by atoms with Gasteiger partial charge >= 0.3 is 0 Å². The van der Waals surface area contributed by atoms with E-state index in [1.165, 1.54) is 25.3 Å². The Kier molecular flexibility index (Phi) is 4.32. The van der Waals surface area contributed by atoms with Crippen LogP contribution in [0.2, 0.25) is 0 Å². The molecule has 0 saturated carbocycles. The molecule has 5 heteroatoms. The highest BCUT2D eigenvalue weighted by molar-refractivity contribution is 5.37. The van der Waals surface area contributed by atoms with Crippen LogP contribution in [-0.4, -0.2) is 7.11 Å². The number of hydrogen-bond acceptors (Lipinski definition) is 3. The number of aryl methyl sites for hydroxylation is 1. The van der Waals surface area contributed by atoms with Crippen molar-refractivity contribution < 1.29 is 13.5 Å². The second-order valence-corrected chi connectivity index (χ2v) is 4.50. The summed E-state index contributed by atoms with van der Waals surface area (Å²) in [5.41, 5.74) is 4.34. The van der Waals surface area contributed by atoms with E-state index in [1.807, 2.05) is 0 Å². The Bertz CT molecular complexity index is 617. The number of benzene rings is 2. The molecule has 0 fully saturated rings. The Morgan fingerprint density at radius 3 is 2.15 bits per heavy atom. The van der Waals surface area contributed by atoms with Gasteiger partial charge in [0.1, 0.15) is 5.82 Å². The summed E-state index contributed by atoms with van der Waals surface area (Å²) in [5.74, 6) is 4.86. The van der Waals surface area contributed by atoms with Gasteiger partial charge in [0.15, 0.2) is 11.6 Å². The lowest BCUT2D eigenvalue weighted by atomic mass is 9.98. The number of halogens is 2. The van der Waals surface area contributed by atoms with Crippen LogP contribution < -0.4 is 16.0 Å². The van der Waals surface area contributed by atoms with Gasteiger partial charge < -0.3 is 4.74 Å². The lowest BCUT2D eigenvalue weighted by molar-refractivity contribution is 0.385. The third kappa shape index (κ3) is 2.79. The lowest BCUT2D eigenvalue weighted by Crippen LogP contribution is -2.29. The summed E-state index contributed by atoms with van der Waals surface area (Å²) in [6, 6.07) is 8.83. The zero-order chi connectivity index (χ0) is 14.7. The van der Waals surface area contributed by atoms with Crippen LogP contribution in [0.3, 0.4) is 0 Å². The molecule has 0 heterocycles. The SMILES string of the molecule is COc1ccc(C(NN)c2ccc(C)c(F)c2)cc1F. The van der Waals surface area contributed by atoms with E-state index in [4.69, 9.17) is 10.6 Å². The summed E-state index contributed by atoms with van der Waals surface area (Å²) in [7, 11) is 1.39. The Morgan fingerprint density at radius 2 is 1.65 bits per heavy atom. The van der Waals surface area contributed by atoms with Crippen LogP contribution in [0.4, 0.5) is 8.78 Å². The Hall–Kier alpha value is -1.98. The molecular weight excluding hydrogens is 262 g/mol. The normalized spacial score (nSPS) is 12.2. The molecule has 0 aliphatic carbocycles. The Labute approximate surface area is 116 Å². The number of nitrogens with two attached hydrogens (primary N) is 1. The van der Waals surface area contributed by atoms with E-state index in [1.54, 1.807) is 25.1 Å². The molecule has 0 aromatic heterocycles. The van der Waals surface area contributed by atoms with Gasteiger partial charge in [0.25, 0.3) is 0 Å². The fourth-order valence-corrected chi connectivity index (χ4v) is 2.04. The smallest absolute Gasteiger partial charge is 0.165 e. The molecule has 20 heavy (non-hydrogen) atoms. The molecule has 2 aromatic rings. The average molecular weight is 278 g/mol. The maximum Gasteiger partial charge on any atom is 0.165 e. The third-order valence-electron chi connectivity index (χ3n) is 3.21. The summed E-state index contributed by atoms with van der Waals surface area (Å²) in [6.07, 6.45) is 0. The van der Waals surface area contributed by atoms with Gasteiger partial charge in [-0.15, -0.1) is 0 Å². The molecule has 1 unspecified atom stereocenters. The highest BCUT2D eigenvalue weighted by Crippen LogP contribution is 2.26. The molecule has 0 radical (unpaired) electrons. The average Bonchev–Trinajstić information content (AvgIpc) is 2.44. The predicted molar refractivity (Wildman–Crippen MR) is 73.3 cm³/mol. The van der Waals surface area contributed by atoms with Gasteiger partial charge in [0.2, 0.25) is 0 Å². The van der Waals surface area contributed by atoms with Gasteiger partial charge in [-0.05, 0) is 41.8 Å². The largest absolute Gasteiger partial charge is 0.494 e. The van der Waals surface area contributed by atoms with Gasteiger partial charge in [-0.1, -0.05) is 18.2 Å². The molecule has 0 amide bonds. The zero-order valence-electron chi connectivity index (χ0n) is 11.3. The molecule has 2 aromatic carbocycles.